The number of hydrogen-bond acceptors (Lipinski definition) is 1. The molecule has 0 fully saturated rings. The van der Waals surface area contributed by atoms with Crippen molar-refractivity contribution < 1.29 is 0 Å². The first-order chi connectivity index (χ1) is 14.8. The Bertz CT molecular complexity index is 1190. The smallest absolute Gasteiger partial charge is 0.101 e. The first-order valence-electron chi connectivity index (χ1n) is 11.0. The lowest BCUT2D eigenvalue weighted by atomic mass is 9.85. The largest absolute Gasteiger partial charge is 0.280 e. The predicted molar refractivity (Wildman–Crippen MR) is 135 cm³/mol. The average Bonchev–Trinajstić information content (AvgIpc) is 2.70. The van der Waals surface area contributed by atoms with Crippen molar-refractivity contribution in [2.45, 2.75) is 47.6 Å². The van der Waals surface area contributed by atoms with Gasteiger partial charge in [0.15, 0.2) is 0 Å². The minimum absolute atomic E-state index is 0.0207. The lowest BCUT2D eigenvalue weighted by Crippen LogP contribution is -2.08. The number of fused-ring (bicyclic) bond motifs is 1. The van der Waals surface area contributed by atoms with Crippen LogP contribution in [0.5, 0.6) is 0 Å². The van der Waals surface area contributed by atoms with Gasteiger partial charge in [0, 0.05) is 6.21 Å². The molecule has 0 N–H and O–H groups in total. The van der Waals surface area contributed by atoms with E-state index in [4.69, 9.17) is 4.99 Å². The molecule has 4 aromatic carbocycles. The summed E-state index contributed by atoms with van der Waals surface area (Å²) in [6, 6.07) is 24.1. The summed E-state index contributed by atoms with van der Waals surface area (Å²) in [4.78, 5) is 5.22. The van der Waals surface area contributed by atoms with Crippen molar-refractivity contribution >= 4 is 17.0 Å². The van der Waals surface area contributed by atoms with Crippen LogP contribution in [0.3, 0.4) is 0 Å². The summed E-state index contributed by atoms with van der Waals surface area (Å²) in [6.45, 7) is 13.2. The number of aryl methyl sites for hydroxylation is 6. The second-order valence-corrected chi connectivity index (χ2v) is 8.91. The van der Waals surface area contributed by atoms with Crippen molar-refractivity contribution in [3.63, 3.8) is 0 Å². The van der Waals surface area contributed by atoms with Gasteiger partial charge in [0.2, 0.25) is 0 Å². The minimum atomic E-state index is -0.0207. The summed E-state index contributed by atoms with van der Waals surface area (Å²) in [7, 11) is 0. The van der Waals surface area contributed by atoms with Gasteiger partial charge in [0.05, 0.1) is 0 Å². The molecule has 0 radical (unpaired) electrons. The van der Waals surface area contributed by atoms with Crippen LogP contribution >= 0.6 is 0 Å². The van der Waals surface area contributed by atoms with Crippen molar-refractivity contribution in [3.8, 4) is 0 Å². The fourth-order valence-corrected chi connectivity index (χ4v) is 4.99. The van der Waals surface area contributed by atoms with Gasteiger partial charge in [-0.05, 0) is 97.3 Å². The third-order valence-corrected chi connectivity index (χ3v) is 6.17. The molecule has 0 atom stereocenters. The fourth-order valence-electron chi connectivity index (χ4n) is 4.99. The van der Waals surface area contributed by atoms with E-state index in [1.807, 2.05) is 0 Å². The van der Waals surface area contributed by atoms with Gasteiger partial charge in [-0.15, -0.1) is 0 Å². The van der Waals surface area contributed by atoms with E-state index in [1.54, 1.807) is 0 Å². The van der Waals surface area contributed by atoms with Crippen LogP contribution in [-0.4, -0.2) is 6.21 Å². The highest BCUT2D eigenvalue weighted by Gasteiger charge is 2.21. The van der Waals surface area contributed by atoms with Gasteiger partial charge < -0.3 is 0 Å². The first-order valence-corrected chi connectivity index (χ1v) is 11.0. The van der Waals surface area contributed by atoms with E-state index < -0.39 is 0 Å². The first kappa shape index (κ1) is 21.1. The minimum Gasteiger partial charge on any atom is -0.280 e. The Morgan fingerprint density at radius 3 is 1.58 bits per heavy atom. The Morgan fingerprint density at radius 2 is 1.06 bits per heavy atom. The highest BCUT2D eigenvalue weighted by atomic mass is 14.8. The Labute approximate surface area is 186 Å². The van der Waals surface area contributed by atoms with E-state index in [1.165, 1.54) is 55.3 Å². The molecule has 0 amide bonds. The van der Waals surface area contributed by atoms with Gasteiger partial charge in [-0.3, -0.25) is 4.99 Å². The monoisotopic (exact) mass is 405 g/mol. The number of hydrogen-bond donors (Lipinski definition) is 0. The van der Waals surface area contributed by atoms with Crippen molar-refractivity contribution in [1.82, 2.24) is 0 Å². The molecule has 4 rings (SSSR count). The molecule has 1 heteroatoms. The molecule has 31 heavy (non-hydrogen) atoms. The van der Waals surface area contributed by atoms with E-state index in [0.717, 1.165) is 5.56 Å². The number of nitrogens with zero attached hydrogens (tertiary/aromatic N) is 1. The van der Waals surface area contributed by atoms with E-state index >= 15 is 0 Å². The summed E-state index contributed by atoms with van der Waals surface area (Å²) in [5, 5.41) is 2.50. The Hall–Kier alpha value is -3.19. The molecule has 4 aromatic rings. The number of aliphatic imine (C=N–C) groups is 1. The predicted octanol–water partition coefficient (Wildman–Crippen LogP) is 7.90. The van der Waals surface area contributed by atoms with Crippen LogP contribution in [0.2, 0.25) is 0 Å². The summed E-state index contributed by atoms with van der Waals surface area (Å²) in [5.41, 5.74) is 11.6. The molecule has 0 aliphatic heterocycles. The fraction of sp³-hybridized carbons (Fsp3) is 0.233. The van der Waals surface area contributed by atoms with E-state index in [9.17, 15) is 0 Å². The maximum absolute atomic E-state index is 5.22. The molecule has 0 spiro atoms. The van der Waals surface area contributed by atoms with Gasteiger partial charge in [-0.1, -0.05) is 71.8 Å². The zero-order valence-corrected chi connectivity index (χ0v) is 19.5. The van der Waals surface area contributed by atoms with E-state index in [2.05, 4.69) is 114 Å². The second-order valence-electron chi connectivity index (χ2n) is 8.91. The molecule has 0 saturated heterocycles. The molecular weight excluding hydrogens is 374 g/mol. The third kappa shape index (κ3) is 4.32. The van der Waals surface area contributed by atoms with Gasteiger partial charge >= 0.3 is 0 Å². The van der Waals surface area contributed by atoms with Crippen LogP contribution in [0, 0.1) is 41.5 Å². The summed E-state index contributed by atoms with van der Waals surface area (Å²) in [6.07, 6.45) is 2.05. The molecule has 0 unspecified atom stereocenters. The molecule has 0 bridgehead atoms. The Balaban J connectivity index is 1.87. The lowest BCUT2D eigenvalue weighted by molar-refractivity contribution is 0.838. The highest BCUT2D eigenvalue weighted by Crippen LogP contribution is 2.36. The SMILES string of the molecule is Cc1cc(C)c(C(N=Cc2ccc3ccccc3c2)c2c(C)cc(C)cc2C)c(C)c1. The quantitative estimate of drug-likeness (QED) is 0.306. The zero-order chi connectivity index (χ0) is 22.1. The normalized spacial score (nSPS) is 11.7. The number of benzene rings is 4. The summed E-state index contributed by atoms with van der Waals surface area (Å²) >= 11 is 0. The van der Waals surface area contributed by atoms with Crippen molar-refractivity contribution in [2.75, 3.05) is 0 Å². The second kappa shape index (κ2) is 8.51. The standard InChI is InChI=1S/C30H31N/c1-19-13-21(3)28(22(4)14-19)30(29-23(5)15-20(2)16-24(29)6)31-18-25-11-12-26-9-7-8-10-27(26)17-25/h7-18,30H,1-6H3. The molecule has 0 aliphatic carbocycles. The van der Waals surface area contributed by atoms with Crippen molar-refractivity contribution in [3.05, 3.63) is 117 Å². The molecule has 0 heterocycles. The van der Waals surface area contributed by atoms with Crippen LogP contribution in [-0.2, 0) is 0 Å². The Kier molecular flexibility index (Phi) is 5.78. The number of rotatable bonds is 4. The van der Waals surface area contributed by atoms with Crippen molar-refractivity contribution in [2.24, 2.45) is 4.99 Å². The maximum Gasteiger partial charge on any atom is 0.101 e. The van der Waals surface area contributed by atoms with Crippen LogP contribution in [0.15, 0.2) is 71.7 Å². The van der Waals surface area contributed by atoms with Crippen LogP contribution in [0.25, 0.3) is 10.8 Å². The Morgan fingerprint density at radius 1 is 0.581 bits per heavy atom. The third-order valence-electron chi connectivity index (χ3n) is 6.17. The molecule has 0 saturated carbocycles. The molecule has 0 aromatic heterocycles. The molecule has 1 nitrogen and oxygen atoms in total. The van der Waals surface area contributed by atoms with E-state index in [-0.39, 0.29) is 6.04 Å². The van der Waals surface area contributed by atoms with Gasteiger partial charge in [-0.25, -0.2) is 0 Å². The zero-order valence-electron chi connectivity index (χ0n) is 19.5. The molecule has 156 valence electrons. The van der Waals surface area contributed by atoms with Crippen LogP contribution in [0.4, 0.5) is 0 Å². The highest BCUT2D eigenvalue weighted by molar-refractivity contribution is 5.90. The summed E-state index contributed by atoms with van der Waals surface area (Å²) < 4.78 is 0. The maximum atomic E-state index is 5.22. The lowest BCUT2D eigenvalue weighted by Gasteiger charge is -2.23. The summed E-state index contributed by atoms with van der Waals surface area (Å²) in [5.74, 6) is 0. The van der Waals surface area contributed by atoms with E-state index in [0.29, 0.717) is 0 Å². The van der Waals surface area contributed by atoms with Crippen LogP contribution < -0.4 is 0 Å². The van der Waals surface area contributed by atoms with Gasteiger partial charge in [0.25, 0.3) is 0 Å². The van der Waals surface area contributed by atoms with Crippen LogP contribution in [0.1, 0.15) is 56.1 Å². The van der Waals surface area contributed by atoms with Gasteiger partial charge in [-0.2, -0.15) is 0 Å². The topological polar surface area (TPSA) is 12.4 Å². The average molecular weight is 406 g/mol. The van der Waals surface area contributed by atoms with Crippen molar-refractivity contribution in [1.29, 1.82) is 0 Å². The molecule has 0 aliphatic rings. The molecular formula is C30H31N. The van der Waals surface area contributed by atoms with Gasteiger partial charge in [0.1, 0.15) is 6.04 Å².